The number of pyridine rings is 2. The normalized spacial score (nSPS) is 13.8. The molecule has 1 aliphatic heterocycles. The fourth-order valence-corrected chi connectivity index (χ4v) is 5.85. The summed E-state index contributed by atoms with van der Waals surface area (Å²) in [7, 11) is 1.79. The monoisotopic (exact) mass is 564 g/mol. The third kappa shape index (κ3) is 5.05. The summed E-state index contributed by atoms with van der Waals surface area (Å²) in [6.45, 7) is 9.99. The molecule has 4 heterocycles. The van der Waals surface area contributed by atoms with Gasteiger partial charge in [-0.05, 0) is 68.3 Å². The van der Waals surface area contributed by atoms with Gasteiger partial charge in [0.05, 0.1) is 41.5 Å². The zero-order valence-electron chi connectivity index (χ0n) is 24.6. The number of carbonyl (C=O) groups excluding carboxylic acids is 1. The summed E-state index contributed by atoms with van der Waals surface area (Å²) >= 11 is 0. The fourth-order valence-electron chi connectivity index (χ4n) is 5.85. The number of benzene rings is 2. The second kappa shape index (κ2) is 11.4. The second-order valence-electron chi connectivity index (χ2n) is 10.9. The number of anilines is 1. The Morgan fingerprint density at radius 1 is 0.929 bits per heavy atom. The van der Waals surface area contributed by atoms with Crippen molar-refractivity contribution in [2.75, 3.05) is 44.3 Å². The Bertz CT molecular complexity index is 1830. The van der Waals surface area contributed by atoms with Crippen molar-refractivity contribution in [3.05, 3.63) is 82.7 Å². The number of aromatic nitrogens is 4. The van der Waals surface area contributed by atoms with E-state index in [9.17, 15) is 9.59 Å². The molecule has 9 nitrogen and oxygen atoms in total. The number of hydrogen-bond acceptors (Lipinski definition) is 6. The summed E-state index contributed by atoms with van der Waals surface area (Å²) in [5, 5.41) is 0.912. The van der Waals surface area contributed by atoms with Gasteiger partial charge in [-0.25, -0.2) is 4.79 Å². The number of nitrogens with zero attached hydrogens (tertiary/aromatic N) is 6. The molecule has 6 rings (SSSR count). The number of ether oxygens (including phenoxy) is 1. The lowest BCUT2D eigenvalue weighted by atomic mass is 10.0. The number of amides is 1. The zero-order valence-corrected chi connectivity index (χ0v) is 24.6. The molecule has 9 heteroatoms. The molecule has 0 aliphatic carbocycles. The molecule has 2 aromatic carbocycles. The Balaban J connectivity index is 1.34. The topological polar surface area (TPSA) is 85.5 Å². The molecule has 216 valence electrons. The third-order valence-electron chi connectivity index (χ3n) is 8.20. The molecule has 0 saturated carbocycles. The molecular weight excluding hydrogens is 528 g/mol. The second-order valence-corrected chi connectivity index (χ2v) is 10.9. The van der Waals surface area contributed by atoms with E-state index in [0.717, 1.165) is 68.8 Å². The van der Waals surface area contributed by atoms with Crippen molar-refractivity contribution in [2.45, 2.75) is 27.2 Å². The maximum atomic E-state index is 13.6. The first-order chi connectivity index (χ1) is 20.4. The maximum absolute atomic E-state index is 13.6. The standard InChI is InChI=1S/C33H36N6O3/c1-5-42-17-12-31(40)38-15-13-37(14-16-38)29-11-9-26(18-22(29)2)39-32-27-19-24(25-7-6-23(3)34-20-25)8-10-28(27)35-21-30(32)36(4)33(39)41/h6-11,18-21H,5,12-17H2,1-4H3. The van der Waals surface area contributed by atoms with Crippen LogP contribution in [-0.4, -0.2) is 69.3 Å². The van der Waals surface area contributed by atoms with Crippen molar-refractivity contribution >= 4 is 33.5 Å². The first-order valence-corrected chi connectivity index (χ1v) is 14.5. The van der Waals surface area contributed by atoms with Crippen LogP contribution in [0.25, 0.3) is 38.8 Å². The van der Waals surface area contributed by atoms with Crippen LogP contribution in [0.2, 0.25) is 0 Å². The van der Waals surface area contributed by atoms with E-state index in [0.29, 0.717) is 32.7 Å². The summed E-state index contributed by atoms with van der Waals surface area (Å²) in [5.41, 5.74) is 8.33. The summed E-state index contributed by atoms with van der Waals surface area (Å²) in [4.78, 5) is 39.5. The van der Waals surface area contributed by atoms with E-state index in [-0.39, 0.29) is 11.6 Å². The first kappa shape index (κ1) is 27.7. The number of piperazine rings is 1. The van der Waals surface area contributed by atoms with Crippen LogP contribution in [0.3, 0.4) is 0 Å². The summed E-state index contributed by atoms with van der Waals surface area (Å²) in [6, 6.07) is 16.4. The van der Waals surface area contributed by atoms with Gasteiger partial charge in [0.1, 0.15) is 0 Å². The van der Waals surface area contributed by atoms with Crippen LogP contribution in [0.1, 0.15) is 24.6 Å². The predicted octanol–water partition coefficient (Wildman–Crippen LogP) is 4.63. The predicted molar refractivity (Wildman–Crippen MR) is 166 cm³/mol. The minimum atomic E-state index is -0.118. The lowest BCUT2D eigenvalue weighted by Crippen LogP contribution is -2.49. The number of fused-ring (bicyclic) bond motifs is 3. The lowest BCUT2D eigenvalue weighted by Gasteiger charge is -2.37. The molecule has 0 bridgehead atoms. The van der Waals surface area contributed by atoms with Crippen LogP contribution in [0.5, 0.6) is 0 Å². The highest BCUT2D eigenvalue weighted by atomic mass is 16.5. The van der Waals surface area contributed by atoms with Crippen molar-refractivity contribution in [3.63, 3.8) is 0 Å². The van der Waals surface area contributed by atoms with Crippen molar-refractivity contribution in [1.29, 1.82) is 0 Å². The molecule has 0 N–H and O–H groups in total. The van der Waals surface area contributed by atoms with Crippen molar-refractivity contribution in [3.8, 4) is 16.8 Å². The van der Waals surface area contributed by atoms with E-state index in [1.165, 1.54) is 0 Å². The van der Waals surface area contributed by atoms with E-state index in [2.05, 4.69) is 46.1 Å². The van der Waals surface area contributed by atoms with Gasteiger partial charge >= 0.3 is 5.69 Å². The average Bonchev–Trinajstić information content (AvgIpc) is 3.27. The Morgan fingerprint density at radius 3 is 2.43 bits per heavy atom. The molecule has 0 radical (unpaired) electrons. The van der Waals surface area contributed by atoms with Gasteiger partial charge in [0, 0.05) is 68.4 Å². The zero-order chi connectivity index (χ0) is 29.4. The Labute approximate surface area is 245 Å². The van der Waals surface area contributed by atoms with Crippen molar-refractivity contribution in [2.24, 2.45) is 7.05 Å². The molecule has 5 aromatic rings. The molecule has 1 fully saturated rings. The number of imidazole rings is 1. The lowest BCUT2D eigenvalue weighted by molar-refractivity contribution is -0.132. The van der Waals surface area contributed by atoms with Gasteiger partial charge in [-0.2, -0.15) is 0 Å². The van der Waals surface area contributed by atoms with E-state index in [1.54, 1.807) is 22.4 Å². The molecular formula is C33H36N6O3. The number of carbonyl (C=O) groups is 1. The summed E-state index contributed by atoms with van der Waals surface area (Å²) < 4.78 is 8.80. The van der Waals surface area contributed by atoms with Crippen LogP contribution >= 0.6 is 0 Å². The van der Waals surface area contributed by atoms with Gasteiger partial charge in [-0.3, -0.25) is 23.9 Å². The summed E-state index contributed by atoms with van der Waals surface area (Å²) in [5.74, 6) is 0.147. The van der Waals surface area contributed by atoms with Crippen molar-refractivity contribution < 1.29 is 9.53 Å². The van der Waals surface area contributed by atoms with Crippen molar-refractivity contribution in [1.82, 2.24) is 24.0 Å². The molecule has 0 unspecified atom stereocenters. The van der Waals surface area contributed by atoms with Crippen LogP contribution in [-0.2, 0) is 16.6 Å². The Kier molecular flexibility index (Phi) is 7.51. The quantitative estimate of drug-likeness (QED) is 0.268. The number of aryl methyl sites for hydroxylation is 3. The van der Waals surface area contributed by atoms with Crippen LogP contribution < -0.4 is 10.6 Å². The smallest absolute Gasteiger partial charge is 0.333 e. The van der Waals surface area contributed by atoms with E-state index in [4.69, 9.17) is 4.74 Å². The fraction of sp³-hybridized carbons (Fsp3) is 0.333. The minimum Gasteiger partial charge on any atom is -0.381 e. The largest absolute Gasteiger partial charge is 0.381 e. The summed E-state index contributed by atoms with van der Waals surface area (Å²) in [6.07, 6.45) is 4.08. The van der Waals surface area contributed by atoms with E-state index in [1.807, 2.05) is 49.2 Å². The van der Waals surface area contributed by atoms with Gasteiger partial charge in [-0.15, -0.1) is 0 Å². The highest BCUT2D eigenvalue weighted by Gasteiger charge is 2.23. The molecule has 0 atom stereocenters. The van der Waals surface area contributed by atoms with Gasteiger partial charge in [-0.1, -0.05) is 12.1 Å². The molecule has 42 heavy (non-hydrogen) atoms. The highest BCUT2D eigenvalue weighted by molar-refractivity contribution is 6.04. The van der Waals surface area contributed by atoms with Gasteiger partial charge in [0.15, 0.2) is 0 Å². The SMILES string of the molecule is CCOCCC(=O)N1CCN(c2ccc(-n3c(=O)n(C)c4cnc5ccc(-c6ccc(C)nc6)cc5c43)cc2C)CC1. The van der Waals surface area contributed by atoms with Crippen LogP contribution in [0.4, 0.5) is 5.69 Å². The maximum Gasteiger partial charge on any atom is 0.333 e. The van der Waals surface area contributed by atoms with Gasteiger partial charge in [0.2, 0.25) is 5.91 Å². The Morgan fingerprint density at radius 2 is 1.71 bits per heavy atom. The molecule has 1 aliphatic rings. The minimum absolute atomic E-state index is 0.118. The molecule has 3 aromatic heterocycles. The van der Waals surface area contributed by atoms with Gasteiger partial charge in [0.25, 0.3) is 0 Å². The molecule has 0 spiro atoms. The third-order valence-corrected chi connectivity index (χ3v) is 8.20. The number of rotatable bonds is 7. The van der Waals surface area contributed by atoms with E-state index < -0.39 is 0 Å². The average molecular weight is 565 g/mol. The number of hydrogen-bond donors (Lipinski definition) is 0. The first-order valence-electron chi connectivity index (χ1n) is 14.5. The van der Waals surface area contributed by atoms with Crippen LogP contribution in [0, 0.1) is 13.8 Å². The molecule has 1 amide bonds. The molecule has 1 saturated heterocycles. The highest BCUT2D eigenvalue weighted by Crippen LogP contribution is 2.31. The Hall–Kier alpha value is -4.50. The van der Waals surface area contributed by atoms with Gasteiger partial charge < -0.3 is 14.5 Å². The van der Waals surface area contributed by atoms with E-state index >= 15 is 0 Å². The van der Waals surface area contributed by atoms with Crippen LogP contribution in [0.15, 0.2) is 65.7 Å².